The van der Waals surface area contributed by atoms with Crippen LogP contribution in [0.25, 0.3) is 4.85 Å². The highest BCUT2D eigenvalue weighted by atomic mass is 35.5. The number of Topliss-reactive ketones (excluding diaryl/α,β-unsaturated/α-hetero) is 1. The number of aliphatic hydroxyl groups is 1. The normalized spacial score (nSPS) is 21.4. The van der Waals surface area contributed by atoms with Crippen molar-refractivity contribution >= 4 is 28.9 Å². The van der Waals surface area contributed by atoms with Gasteiger partial charge in [0.2, 0.25) is 5.69 Å². The van der Waals surface area contributed by atoms with Gasteiger partial charge in [-0.3, -0.25) is 4.79 Å². The van der Waals surface area contributed by atoms with Gasteiger partial charge < -0.3 is 14.7 Å². The Bertz CT molecular complexity index is 992. The average molecular weight is 469 g/mol. The molecule has 1 aliphatic heterocycles. The quantitative estimate of drug-likeness (QED) is 0.449. The maximum Gasteiger partial charge on any atom is 0.205 e. The number of benzene rings is 1. The number of aliphatic hydroxyl groups excluding tert-OH is 1. The van der Waals surface area contributed by atoms with E-state index in [1.807, 2.05) is 0 Å². The van der Waals surface area contributed by atoms with Crippen molar-refractivity contribution in [3.63, 3.8) is 0 Å². The molecule has 0 bridgehead atoms. The summed E-state index contributed by atoms with van der Waals surface area (Å²) in [5.41, 5.74) is 0.852. The molecule has 1 N–H and O–H groups in total. The number of carbonyl (C=O) groups is 1. The molecule has 33 heavy (non-hydrogen) atoms. The summed E-state index contributed by atoms with van der Waals surface area (Å²) in [4.78, 5) is 27.1. The van der Waals surface area contributed by atoms with Crippen LogP contribution in [0.4, 0.5) is 11.5 Å². The molecule has 7 nitrogen and oxygen atoms in total. The topological polar surface area (TPSA) is 79.9 Å². The molecule has 0 radical (unpaired) electrons. The Morgan fingerprint density at radius 3 is 2.48 bits per heavy atom. The van der Waals surface area contributed by atoms with Crippen LogP contribution in [0, 0.1) is 18.4 Å². The predicted molar refractivity (Wildman–Crippen MR) is 127 cm³/mol. The number of ketones is 1. The SMILES string of the molecule is [C-]#[N+]c1ccc(OC2CCC(CC(=O)c3cnc(N4CCC(CO)CC4)cn3)CC2)cc1Cl. The van der Waals surface area contributed by atoms with E-state index in [0.29, 0.717) is 40.4 Å². The van der Waals surface area contributed by atoms with Crippen LogP contribution < -0.4 is 9.64 Å². The van der Waals surface area contributed by atoms with Gasteiger partial charge in [0, 0.05) is 26.1 Å². The lowest BCUT2D eigenvalue weighted by Crippen LogP contribution is -2.35. The molecular formula is C25H29ClN4O3. The molecule has 174 valence electrons. The van der Waals surface area contributed by atoms with E-state index in [-0.39, 0.29) is 18.5 Å². The van der Waals surface area contributed by atoms with Gasteiger partial charge in [-0.05, 0) is 62.5 Å². The highest BCUT2D eigenvalue weighted by Gasteiger charge is 2.26. The molecule has 1 aliphatic carbocycles. The Hall–Kier alpha value is -2.69. The molecule has 1 saturated carbocycles. The number of aromatic nitrogens is 2. The molecule has 8 heteroatoms. The van der Waals surface area contributed by atoms with Crippen molar-refractivity contribution in [3.05, 3.63) is 52.7 Å². The van der Waals surface area contributed by atoms with Crippen LogP contribution in [0.1, 0.15) is 55.4 Å². The average Bonchev–Trinajstić information content (AvgIpc) is 2.85. The zero-order valence-electron chi connectivity index (χ0n) is 18.6. The Kier molecular flexibility index (Phi) is 7.79. The monoisotopic (exact) mass is 468 g/mol. The minimum absolute atomic E-state index is 0.0407. The third-order valence-electron chi connectivity index (χ3n) is 6.73. The first-order valence-corrected chi connectivity index (χ1v) is 12.0. The number of hydrogen-bond acceptors (Lipinski definition) is 6. The van der Waals surface area contributed by atoms with Gasteiger partial charge in [0.15, 0.2) is 5.78 Å². The number of ether oxygens (including phenoxy) is 1. The third kappa shape index (κ3) is 6.01. The zero-order chi connectivity index (χ0) is 23.2. The van der Waals surface area contributed by atoms with Gasteiger partial charge in [-0.15, -0.1) is 0 Å². The van der Waals surface area contributed by atoms with E-state index >= 15 is 0 Å². The standard InChI is InChI=1S/C25H29ClN4O3/c1-27-22-7-6-20(13-21(22)26)33-19-4-2-17(3-5-19)12-24(32)23-14-29-25(15-28-23)30-10-8-18(16-31)9-11-30/h6-7,13-15,17-19,31H,2-5,8-12,16H2. The Labute approximate surface area is 199 Å². The molecule has 2 fully saturated rings. The summed E-state index contributed by atoms with van der Waals surface area (Å²) >= 11 is 6.10. The van der Waals surface area contributed by atoms with Gasteiger partial charge >= 0.3 is 0 Å². The smallest absolute Gasteiger partial charge is 0.205 e. The van der Waals surface area contributed by atoms with Crippen LogP contribution >= 0.6 is 11.6 Å². The molecule has 2 aromatic rings. The van der Waals surface area contributed by atoms with Crippen LogP contribution in [0.15, 0.2) is 30.6 Å². The van der Waals surface area contributed by atoms with Crippen molar-refractivity contribution in [2.75, 3.05) is 24.6 Å². The molecule has 1 aromatic carbocycles. The lowest BCUT2D eigenvalue weighted by Gasteiger charge is -2.31. The van der Waals surface area contributed by atoms with Crippen LogP contribution in [-0.4, -0.2) is 46.7 Å². The van der Waals surface area contributed by atoms with E-state index in [4.69, 9.17) is 22.9 Å². The van der Waals surface area contributed by atoms with E-state index in [0.717, 1.165) is 57.4 Å². The van der Waals surface area contributed by atoms with E-state index < -0.39 is 0 Å². The van der Waals surface area contributed by atoms with Crippen LogP contribution in [0.3, 0.4) is 0 Å². The van der Waals surface area contributed by atoms with E-state index in [1.165, 1.54) is 0 Å². The summed E-state index contributed by atoms with van der Waals surface area (Å²) in [5.74, 6) is 2.22. The summed E-state index contributed by atoms with van der Waals surface area (Å²) in [6, 6.07) is 5.16. The van der Waals surface area contributed by atoms with Gasteiger partial charge in [-0.2, -0.15) is 0 Å². The van der Waals surface area contributed by atoms with E-state index in [9.17, 15) is 9.90 Å². The number of hydrogen-bond donors (Lipinski definition) is 1. The van der Waals surface area contributed by atoms with E-state index in [1.54, 1.807) is 30.6 Å². The molecule has 0 atom stereocenters. The number of rotatable bonds is 7. The summed E-state index contributed by atoms with van der Waals surface area (Å²) in [6.45, 7) is 9.03. The molecule has 0 unspecified atom stereocenters. The lowest BCUT2D eigenvalue weighted by molar-refractivity contribution is 0.0897. The summed E-state index contributed by atoms with van der Waals surface area (Å²) in [5, 5.41) is 9.69. The molecule has 2 heterocycles. The predicted octanol–water partition coefficient (Wildman–Crippen LogP) is 5.10. The fraction of sp³-hybridized carbons (Fsp3) is 0.520. The van der Waals surface area contributed by atoms with Gasteiger partial charge in [-0.1, -0.05) is 17.7 Å². The second-order valence-electron chi connectivity index (χ2n) is 8.99. The number of piperidine rings is 1. The third-order valence-corrected chi connectivity index (χ3v) is 7.03. The second kappa shape index (κ2) is 11.0. The summed E-state index contributed by atoms with van der Waals surface area (Å²) in [6.07, 6.45) is 9.39. The zero-order valence-corrected chi connectivity index (χ0v) is 19.4. The highest BCUT2D eigenvalue weighted by Crippen LogP contribution is 2.33. The highest BCUT2D eigenvalue weighted by molar-refractivity contribution is 6.33. The first-order valence-electron chi connectivity index (χ1n) is 11.6. The van der Waals surface area contributed by atoms with E-state index in [2.05, 4.69) is 19.7 Å². The fourth-order valence-electron chi connectivity index (χ4n) is 4.64. The second-order valence-corrected chi connectivity index (χ2v) is 9.39. The van der Waals surface area contributed by atoms with Crippen molar-refractivity contribution in [1.29, 1.82) is 0 Å². The molecule has 1 aromatic heterocycles. The summed E-state index contributed by atoms with van der Waals surface area (Å²) in [7, 11) is 0. The minimum atomic E-state index is 0.0407. The molecule has 0 amide bonds. The first kappa shape index (κ1) is 23.5. The van der Waals surface area contributed by atoms with Crippen LogP contribution in [-0.2, 0) is 0 Å². The fourth-order valence-corrected chi connectivity index (χ4v) is 4.85. The van der Waals surface area contributed by atoms with Gasteiger partial charge in [0.05, 0.1) is 30.1 Å². The Morgan fingerprint density at radius 2 is 1.88 bits per heavy atom. The minimum Gasteiger partial charge on any atom is -0.490 e. The van der Waals surface area contributed by atoms with Crippen molar-refractivity contribution in [1.82, 2.24) is 9.97 Å². The lowest BCUT2D eigenvalue weighted by atomic mass is 9.84. The Morgan fingerprint density at radius 1 is 1.12 bits per heavy atom. The van der Waals surface area contributed by atoms with Crippen molar-refractivity contribution in [2.24, 2.45) is 11.8 Å². The molecule has 1 saturated heterocycles. The van der Waals surface area contributed by atoms with Crippen molar-refractivity contribution in [2.45, 2.75) is 51.0 Å². The van der Waals surface area contributed by atoms with Gasteiger partial charge in [0.25, 0.3) is 0 Å². The Balaban J connectivity index is 1.24. The van der Waals surface area contributed by atoms with Gasteiger partial charge in [0.1, 0.15) is 17.3 Å². The number of carbonyl (C=O) groups excluding carboxylic acids is 1. The molecular weight excluding hydrogens is 440 g/mol. The summed E-state index contributed by atoms with van der Waals surface area (Å²) < 4.78 is 6.05. The largest absolute Gasteiger partial charge is 0.490 e. The molecule has 2 aliphatic rings. The number of nitrogens with zero attached hydrogens (tertiary/aromatic N) is 4. The number of halogens is 1. The van der Waals surface area contributed by atoms with Crippen LogP contribution in [0.2, 0.25) is 5.02 Å². The van der Waals surface area contributed by atoms with Crippen LogP contribution in [0.5, 0.6) is 5.75 Å². The maximum atomic E-state index is 12.7. The number of anilines is 1. The maximum absolute atomic E-state index is 12.7. The van der Waals surface area contributed by atoms with Crippen molar-refractivity contribution in [3.8, 4) is 5.75 Å². The van der Waals surface area contributed by atoms with Gasteiger partial charge in [-0.25, -0.2) is 14.8 Å². The first-order chi connectivity index (χ1) is 16.1. The van der Waals surface area contributed by atoms with Crippen molar-refractivity contribution < 1.29 is 14.6 Å². The molecule has 0 spiro atoms. The molecule has 4 rings (SSSR count).